The Hall–Kier alpha value is -0.390. The van der Waals surface area contributed by atoms with Gasteiger partial charge < -0.3 is 15.4 Å². The van der Waals surface area contributed by atoms with Gasteiger partial charge in [-0.3, -0.25) is 0 Å². The quantitative estimate of drug-likeness (QED) is 0.632. The Morgan fingerprint density at radius 1 is 1.11 bits per heavy atom. The Morgan fingerprint density at radius 2 is 1.67 bits per heavy atom. The predicted molar refractivity (Wildman–Crippen MR) is 117 cm³/mol. The van der Waals surface area contributed by atoms with Crippen LogP contribution in [0.4, 0.5) is 5.69 Å². The molecule has 0 saturated carbocycles. The molecule has 0 spiro atoms. The molecule has 27 heavy (non-hydrogen) atoms. The first-order chi connectivity index (χ1) is 12.6. The zero-order valence-electron chi connectivity index (χ0n) is 17.5. The SMILES string of the molecule is C=CN.C=CS[N-]c1c2c(cc3c1CCC3)CCC2.CC1CCCN1C.[Na+]. The van der Waals surface area contributed by atoms with Gasteiger partial charge in [-0.25, -0.2) is 11.9 Å². The second-order valence-electron chi connectivity index (χ2n) is 7.28. The molecule has 1 aliphatic heterocycles. The minimum Gasteiger partial charge on any atom is -0.627 e. The van der Waals surface area contributed by atoms with E-state index >= 15 is 0 Å². The predicted octanol–water partition coefficient (Wildman–Crippen LogP) is 2.65. The van der Waals surface area contributed by atoms with Gasteiger partial charge in [-0.15, -0.1) is 5.69 Å². The van der Waals surface area contributed by atoms with Gasteiger partial charge in [0.05, 0.1) is 0 Å². The summed E-state index contributed by atoms with van der Waals surface area (Å²) in [6.07, 6.45) is 11.6. The molecule has 0 aromatic heterocycles. The first-order valence-corrected chi connectivity index (χ1v) is 10.6. The zero-order chi connectivity index (χ0) is 18.9. The molecule has 5 heteroatoms. The number of nitrogens with two attached hydrogens (primary N) is 1. The third kappa shape index (κ3) is 6.86. The van der Waals surface area contributed by atoms with E-state index in [-0.39, 0.29) is 29.6 Å². The van der Waals surface area contributed by atoms with Crippen molar-refractivity contribution in [1.29, 1.82) is 0 Å². The van der Waals surface area contributed by atoms with Crippen LogP contribution in [0.2, 0.25) is 0 Å². The molecule has 1 unspecified atom stereocenters. The number of likely N-dealkylation sites (tertiary alicyclic amines) is 1. The summed E-state index contributed by atoms with van der Waals surface area (Å²) in [5.74, 6) is 0. The monoisotopic (exact) mass is 395 g/mol. The van der Waals surface area contributed by atoms with Gasteiger partial charge in [0.15, 0.2) is 0 Å². The molecule has 1 atom stereocenters. The molecule has 1 aromatic carbocycles. The molecule has 3 nitrogen and oxygen atoms in total. The third-order valence-corrected chi connectivity index (χ3v) is 5.98. The largest absolute Gasteiger partial charge is 1.00 e. The maximum Gasteiger partial charge on any atom is 1.00 e. The van der Waals surface area contributed by atoms with Crippen LogP contribution in [0, 0.1) is 0 Å². The molecule has 144 valence electrons. The van der Waals surface area contributed by atoms with Gasteiger partial charge in [-0.2, -0.15) is 0 Å². The maximum atomic E-state index is 4.67. The van der Waals surface area contributed by atoms with Crippen molar-refractivity contribution >= 4 is 17.6 Å². The van der Waals surface area contributed by atoms with Gasteiger partial charge in [0.2, 0.25) is 0 Å². The van der Waals surface area contributed by atoms with E-state index in [1.165, 1.54) is 92.9 Å². The summed E-state index contributed by atoms with van der Waals surface area (Å²) in [5.41, 5.74) is 12.1. The summed E-state index contributed by atoms with van der Waals surface area (Å²) in [6.45, 7) is 10.5. The molecular weight excluding hydrogens is 361 g/mol. The van der Waals surface area contributed by atoms with Crippen molar-refractivity contribution in [2.75, 3.05) is 13.6 Å². The second-order valence-corrected chi connectivity index (χ2v) is 8.01. The van der Waals surface area contributed by atoms with Crippen LogP contribution in [0.5, 0.6) is 0 Å². The van der Waals surface area contributed by atoms with Crippen LogP contribution in [-0.2, 0) is 25.7 Å². The van der Waals surface area contributed by atoms with Crippen molar-refractivity contribution in [3.8, 4) is 0 Å². The summed E-state index contributed by atoms with van der Waals surface area (Å²) in [7, 11) is 2.19. The number of nitrogens with zero attached hydrogens (tertiary/aromatic N) is 2. The van der Waals surface area contributed by atoms with Crippen LogP contribution in [-0.4, -0.2) is 24.5 Å². The molecule has 1 heterocycles. The van der Waals surface area contributed by atoms with Crippen LogP contribution >= 0.6 is 11.9 Å². The van der Waals surface area contributed by atoms with Crippen molar-refractivity contribution in [3.05, 3.63) is 57.8 Å². The molecule has 0 radical (unpaired) electrons. The van der Waals surface area contributed by atoms with Crippen LogP contribution in [0.3, 0.4) is 0 Å². The summed E-state index contributed by atoms with van der Waals surface area (Å²) in [6, 6.07) is 3.29. The van der Waals surface area contributed by atoms with Crippen LogP contribution in [0.15, 0.2) is 30.8 Å². The molecule has 1 saturated heterocycles. The first kappa shape index (κ1) is 24.6. The summed E-state index contributed by atoms with van der Waals surface area (Å²) in [4.78, 5) is 2.40. The Morgan fingerprint density at radius 3 is 2.04 bits per heavy atom. The number of aryl methyl sites for hydroxylation is 2. The van der Waals surface area contributed by atoms with E-state index in [4.69, 9.17) is 0 Å². The van der Waals surface area contributed by atoms with Gasteiger partial charge in [0.1, 0.15) is 0 Å². The fraction of sp³-hybridized carbons (Fsp3) is 0.545. The Kier molecular flexibility index (Phi) is 11.8. The Balaban J connectivity index is 0.000000279. The van der Waals surface area contributed by atoms with Gasteiger partial charge in [-0.05, 0) is 89.2 Å². The molecule has 1 aromatic rings. The molecular formula is C22H34N3NaS. The average molecular weight is 396 g/mol. The third-order valence-electron chi connectivity index (χ3n) is 5.54. The summed E-state index contributed by atoms with van der Waals surface area (Å²) in [5, 5.41) is 1.82. The minimum atomic E-state index is 0. The Labute approximate surface area is 192 Å². The van der Waals surface area contributed by atoms with Crippen molar-refractivity contribution in [2.45, 2.75) is 64.3 Å². The van der Waals surface area contributed by atoms with E-state index in [1.807, 2.05) is 5.41 Å². The van der Waals surface area contributed by atoms with Gasteiger partial charge >= 0.3 is 29.6 Å². The van der Waals surface area contributed by atoms with Crippen LogP contribution in [0.1, 0.15) is 54.9 Å². The van der Waals surface area contributed by atoms with E-state index in [2.05, 4.69) is 48.6 Å². The molecule has 2 N–H and O–H groups in total. The van der Waals surface area contributed by atoms with E-state index in [0.717, 1.165) is 6.04 Å². The molecule has 0 amide bonds. The average Bonchev–Trinajstić information content (AvgIpc) is 3.35. The number of hydrogen-bond acceptors (Lipinski definition) is 3. The number of benzene rings is 1. The second kappa shape index (κ2) is 12.9. The fourth-order valence-electron chi connectivity index (χ4n) is 4.06. The molecule has 1 fully saturated rings. The minimum absolute atomic E-state index is 0. The van der Waals surface area contributed by atoms with Gasteiger partial charge in [0, 0.05) is 6.04 Å². The van der Waals surface area contributed by atoms with Crippen molar-refractivity contribution in [3.63, 3.8) is 0 Å². The van der Waals surface area contributed by atoms with Gasteiger partial charge in [0.25, 0.3) is 0 Å². The standard InChI is InChI=1S/C14H16NS.C6H13N.C2H5N.Na/c1-2-16-15-14-12-7-3-5-10(12)9-11-6-4-8-13(11)14;1-6-4-3-5-7(6)2;1-2-3;/h2,9H,1,3-8H2;6H,3-5H2,1-2H3;2H,1,3H2;/q-1;;;+1. The number of hydrogen-bond donors (Lipinski definition) is 1. The zero-order valence-corrected chi connectivity index (χ0v) is 20.3. The smallest absolute Gasteiger partial charge is 0.627 e. The first-order valence-electron chi connectivity index (χ1n) is 9.79. The summed E-state index contributed by atoms with van der Waals surface area (Å²) < 4.78 is 4.67. The molecule has 3 aliphatic rings. The van der Waals surface area contributed by atoms with E-state index in [9.17, 15) is 0 Å². The topological polar surface area (TPSA) is 43.4 Å². The van der Waals surface area contributed by atoms with E-state index < -0.39 is 0 Å². The molecule has 4 rings (SSSR count). The normalized spacial score (nSPS) is 19.4. The maximum absolute atomic E-state index is 4.67. The van der Waals surface area contributed by atoms with Crippen molar-refractivity contribution in [1.82, 2.24) is 4.90 Å². The molecule has 2 aliphatic carbocycles. The van der Waals surface area contributed by atoms with Crippen molar-refractivity contribution < 1.29 is 29.6 Å². The summed E-state index contributed by atoms with van der Waals surface area (Å²) >= 11 is 1.48. The number of fused-ring (bicyclic) bond motifs is 2. The van der Waals surface area contributed by atoms with Crippen LogP contribution in [0.25, 0.3) is 4.72 Å². The molecule has 0 bridgehead atoms. The Bertz CT molecular complexity index is 578. The van der Waals surface area contributed by atoms with Crippen LogP contribution < -0.4 is 35.3 Å². The fourth-order valence-corrected chi connectivity index (χ4v) is 4.46. The van der Waals surface area contributed by atoms with Crippen molar-refractivity contribution in [2.24, 2.45) is 5.73 Å². The van der Waals surface area contributed by atoms with E-state index in [0.29, 0.717) is 0 Å². The van der Waals surface area contributed by atoms with Gasteiger partial charge in [-0.1, -0.05) is 35.8 Å². The number of rotatable bonds is 3. The van der Waals surface area contributed by atoms with E-state index in [1.54, 1.807) is 11.1 Å².